The van der Waals surface area contributed by atoms with E-state index < -0.39 is 6.03 Å². The maximum atomic E-state index is 12.2. The molecule has 126 valence electrons. The summed E-state index contributed by atoms with van der Waals surface area (Å²) < 4.78 is 0. The fourth-order valence-electron chi connectivity index (χ4n) is 2.92. The Morgan fingerprint density at radius 2 is 1.83 bits per heavy atom. The maximum Gasteiger partial charge on any atom is 0.338 e. The fraction of sp³-hybridized carbons (Fsp3) is 0.294. The highest BCUT2D eigenvalue weighted by molar-refractivity contribution is 5.97. The summed E-state index contributed by atoms with van der Waals surface area (Å²) in [5.41, 5.74) is 8.31. The lowest BCUT2D eigenvalue weighted by Gasteiger charge is -2.37. The SMILES string of the molecule is CN(c1ccncc1)N(C(N)=O)c1ccccc1N1CCNCC1. The van der Waals surface area contributed by atoms with Crippen molar-refractivity contribution in [3.63, 3.8) is 0 Å². The van der Waals surface area contributed by atoms with Crippen LogP contribution in [-0.2, 0) is 0 Å². The number of hydrogen-bond acceptors (Lipinski definition) is 5. The zero-order valence-corrected chi connectivity index (χ0v) is 13.7. The maximum absolute atomic E-state index is 12.2. The van der Waals surface area contributed by atoms with Crippen molar-refractivity contribution in [3.8, 4) is 0 Å². The third-order valence-corrected chi connectivity index (χ3v) is 4.11. The van der Waals surface area contributed by atoms with Gasteiger partial charge in [-0.3, -0.25) is 9.99 Å². The van der Waals surface area contributed by atoms with Gasteiger partial charge in [-0.25, -0.2) is 9.80 Å². The molecule has 2 aromatic rings. The molecule has 1 aliphatic heterocycles. The first-order valence-corrected chi connectivity index (χ1v) is 7.96. The highest BCUT2D eigenvalue weighted by atomic mass is 16.2. The van der Waals surface area contributed by atoms with Gasteiger partial charge >= 0.3 is 6.03 Å². The molecule has 24 heavy (non-hydrogen) atoms. The first kappa shape index (κ1) is 16.1. The number of rotatable bonds is 4. The summed E-state index contributed by atoms with van der Waals surface area (Å²) in [5.74, 6) is 0. The van der Waals surface area contributed by atoms with E-state index in [1.807, 2.05) is 43.4 Å². The number of carbonyl (C=O) groups is 1. The molecule has 1 aliphatic rings. The van der Waals surface area contributed by atoms with Gasteiger partial charge in [-0.1, -0.05) is 12.1 Å². The van der Waals surface area contributed by atoms with Crippen molar-refractivity contribution in [1.82, 2.24) is 10.3 Å². The van der Waals surface area contributed by atoms with Crippen molar-refractivity contribution >= 4 is 23.1 Å². The van der Waals surface area contributed by atoms with E-state index in [-0.39, 0.29) is 0 Å². The van der Waals surface area contributed by atoms with Gasteiger partial charge in [0.1, 0.15) is 0 Å². The largest absolute Gasteiger partial charge is 0.367 e. The molecule has 2 heterocycles. The summed E-state index contributed by atoms with van der Waals surface area (Å²) in [6, 6.07) is 11.0. The molecule has 0 bridgehead atoms. The van der Waals surface area contributed by atoms with E-state index in [2.05, 4.69) is 15.2 Å². The Labute approximate surface area is 141 Å². The minimum absolute atomic E-state index is 0.531. The molecule has 1 aromatic carbocycles. The lowest BCUT2D eigenvalue weighted by Crippen LogP contribution is -2.49. The predicted octanol–water partition coefficient (Wildman–Crippen LogP) is 1.43. The summed E-state index contributed by atoms with van der Waals surface area (Å²) in [4.78, 5) is 18.5. The Kier molecular flexibility index (Phi) is 4.81. The molecule has 0 atom stereocenters. The molecule has 2 amide bonds. The Hall–Kier alpha value is -2.80. The number of piperazine rings is 1. The van der Waals surface area contributed by atoms with Crippen LogP contribution >= 0.6 is 0 Å². The molecule has 7 nitrogen and oxygen atoms in total. The fourth-order valence-corrected chi connectivity index (χ4v) is 2.92. The molecular formula is C17H22N6O. The summed E-state index contributed by atoms with van der Waals surface area (Å²) in [6.07, 6.45) is 3.38. The van der Waals surface area contributed by atoms with E-state index >= 15 is 0 Å². The van der Waals surface area contributed by atoms with Crippen LogP contribution in [0.15, 0.2) is 48.8 Å². The number of amides is 2. The van der Waals surface area contributed by atoms with Gasteiger partial charge in [0.2, 0.25) is 0 Å². The topological polar surface area (TPSA) is 77.7 Å². The number of carbonyl (C=O) groups excluding carboxylic acids is 1. The molecule has 7 heteroatoms. The molecule has 0 aliphatic carbocycles. The standard InChI is InChI=1S/C17H22N6O/c1-21(14-6-8-19-9-7-14)23(17(18)24)16-5-3-2-4-15(16)22-12-10-20-11-13-22/h2-9,20H,10-13H2,1H3,(H2,18,24). The second kappa shape index (κ2) is 7.18. The van der Waals surface area contributed by atoms with Gasteiger partial charge in [0.25, 0.3) is 0 Å². The average Bonchev–Trinajstić information content (AvgIpc) is 2.63. The smallest absolute Gasteiger partial charge is 0.338 e. The van der Waals surface area contributed by atoms with Gasteiger partial charge in [0.15, 0.2) is 0 Å². The van der Waals surface area contributed by atoms with E-state index in [1.165, 1.54) is 5.01 Å². The van der Waals surface area contributed by atoms with E-state index in [1.54, 1.807) is 17.4 Å². The normalized spacial score (nSPS) is 14.3. The van der Waals surface area contributed by atoms with Crippen molar-refractivity contribution < 1.29 is 4.79 Å². The van der Waals surface area contributed by atoms with E-state index in [0.717, 1.165) is 43.2 Å². The van der Waals surface area contributed by atoms with Crippen molar-refractivity contribution in [3.05, 3.63) is 48.8 Å². The van der Waals surface area contributed by atoms with Gasteiger partial charge in [-0.15, -0.1) is 0 Å². The Morgan fingerprint density at radius 1 is 1.17 bits per heavy atom. The van der Waals surface area contributed by atoms with Crippen LogP contribution in [0.25, 0.3) is 0 Å². The third kappa shape index (κ3) is 3.26. The Balaban J connectivity index is 1.99. The third-order valence-electron chi connectivity index (χ3n) is 4.11. The van der Waals surface area contributed by atoms with Crippen molar-refractivity contribution in [2.24, 2.45) is 5.73 Å². The molecule has 1 aromatic heterocycles. The van der Waals surface area contributed by atoms with Gasteiger partial charge in [0, 0.05) is 45.6 Å². The monoisotopic (exact) mass is 326 g/mol. The number of aromatic nitrogens is 1. The highest BCUT2D eigenvalue weighted by Crippen LogP contribution is 2.31. The second-order valence-corrected chi connectivity index (χ2v) is 5.60. The minimum Gasteiger partial charge on any atom is -0.367 e. The zero-order chi connectivity index (χ0) is 16.9. The number of nitrogens with two attached hydrogens (primary N) is 1. The second-order valence-electron chi connectivity index (χ2n) is 5.60. The number of benzene rings is 1. The Morgan fingerprint density at radius 3 is 2.50 bits per heavy atom. The number of nitrogens with one attached hydrogen (secondary N) is 1. The molecule has 3 N–H and O–H groups in total. The minimum atomic E-state index is -0.531. The number of hydrazine groups is 1. The van der Waals surface area contributed by atoms with Crippen LogP contribution in [0.4, 0.5) is 21.9 Å². The molecule has 1 fully saturated rings. The van der Waals surface area contributed by atoms with Gasteiger partial charge in [-0.05, 0) is 24.3 Å². The average molecular weight is 326 g/mol. The van der Waals surface area contributed by atoms with Crippen molar-refractivity contribution in [1.29, 1.82) is 0 Å². The quantitative estimate of drug-likeness (QED) is 0.831. The summed E-state index contributed by atoms with van der Waals surface area (Å²) in [5, 5.41) is 6.57. The first-order valence-electron chi connectivity index (χ1n) is 7.96. The molecule has 0 unspecified atom stereocenters. The zero-order valence-electron chi connectivity index (χ0n) is 13.7. The van der Waals surface area contributed by atoms with Crippen molar-refractivity contribution in [2.45, 2.75) is 0 Å². The van der Waals surface area contributed by atoms with E-state index in [4.69, 9.17) is 5.73 Å². The summed E-state index contributed by atoms with van der Waals surface area (Å²) >= 11 is 0. The van der Waals surface area contributed by atoms with Crippen LogP contribution in [-0.4, -0.2) is 44.2 Å². The van der Waals surface area contributed by atoms with Crippen LogP contribution < -0.4 is 26.0 Å². The van der Waals surface area contributed by atoms with Crippen molar-refractivity contribution in [2.75, 3.05) is 48.1 Å². The number of pyridine rings is 1. The van der Waals surface area contributed by atoms with Gasteiger partial charge in [-0.2, -0.15) is 0 Å². The molecule has 3 rings (SSSR count). The predicted molar refractivity (Wildman–Crippen MR) is 96.2 cm³/mol. The lowest BCUT2D eigenvalue weighted by molar-refractivity contribution is 0.253. The number of urea groups is 1. The van der Waals surface area contributed by atoms with E-state index in [9.17, 15) is 4.79 Å². The number of anilines is 3. The Bertz CT molecular complexity index is 686. The van der Waals surface area contributed by atoms with Crippen LogP contribution in [0.3, 0.4) is 0 Å². The molecule has 0 spiro atoms. The number of nitrogens with zero attached hydrogens (tertiary/aromatic N) is 4. The highest BCUT2D eigenvalue weighted by Gasteiger charge is 2.24. The summed E-state index contributed by atoms with van der Waals surface area (Å²) in [6.45, 7) is 3.63. The van der Waals surface area contributed by atoms with Crippen LogP contribution in [0.1, 0.15) is 0 Å². The molecule has 1 saturated heterocycles. The number of hydrogen-bond donors (Lipinski definition) is 2. The number of para-hydroxylation sites is 2. The van der Waals surface area contributed by atoms with Crippen LogP contribution in [0.5, 0.6) is 0 Å². The van der Waals surface area contributed by atoms with Crippen LogP contribution in [0, 0.1) is 0 Å². The van der Waals surface area contributed by atoms with Crippen LogP contribution in [0.2, 0.25) is 0 Å². The van der Waals surface area contributed by atoms with Gasteiger partial charge in [0.05, 0.1) is 17.1 Å². The molecule has 0 saturated carbocycles. The van der Waals surface area contributed by atoms with Gasteiger partial charge < -0.3 is 16.0 Å². The number of primary amides is 1. The molecule has 0 radical (unpaired) electrons. The molecular weight excluding hydrogens is 304 g/mol. The first-order chi connectivity index (χ1) is 11.7. The summed E-state index contributed by atoms with van der Waals surface area (Å²) in [7, 11) is 1.81. The lowest BCUT2D eigenvalue weighted by atomic mass is 10.2. The van der Waals surface area contributed by atoms with E-state index in [0.29, 0.717) is 0 Å².